The van der Waals surface area contributed by atoms with Crippen LogP contribution >= 0.6 is 0 Å². The minimum atomic E-state index is -1.12. The van der Waals surface area contributed by atoms with Gasteiger partial charge in [0, 0.05) is 44.9 Å². The van der Waals surface area contributed by atoms with Crippen molar-refractivity contribution in [2.45, 2.75) is 46.3 Å². The van der Waals surface area contributed by atoms with Gasteiger partial charge in [-0.3, -0.25) is 0 Å². The van der Waals surface area contributed by atoms with Gasteiger partial charge in [-0.2, -0.15) is 0 Å². The van der Waals surface area contributed by atoms with Crippen molar-refractivity contribution in [1.29, 1.82) is 0 Å². The van der Waals surface area contributed by atoms with E-state index in [1.165, 1.54) is 0 Å². The van der Waals surface area contributed by atoms with Crippen LogP contribution in [0.25, 0.3) is 22.3 Å². The van der Waals surface area contributed by atoms with Crippen molar-refractivity contribution in [3.63, 3.8) is 0 Å². The van der Waals surface area contributed by atoms with E-state index in [0.717, 1.165) is 40.4 Å². The fraction of sp³-hybridized carbons (Fsp3) is 0.458. The topological polar surface area (TPSA) is 45.5 Å². The molecule has 3 aromatic rings. The molecule has 1 fully saturated rings. The van der Waals surface area contributed by atoms with Crippen molar-refractivity contribution >= 4 is 31.7 Å². The van der Waals surface area contributed by atoms with Crippen LogP contribution < -0.4 is 5.46 Å². The number of nitrogens with zero attached hydrogens (tertiary/aromatic N) is 2. The molecular formula is C24H33BN2O3Si. The van der Waals surface area contributed by atoms with Crippen LogP contribution in [-0.2, 0) is 20.8 Å². The molecule has 0 spiro atoms. The van der Waals surface area contributed by atoms with E-state index in [9.17, 15) is 0 Å². The molecule has 4 rings (SSSR count). The zero-order chi connectivity index (χ0) is 22.1. The fourth-order valence-electron chi connectivity index (χ4n) is 3.69. The van der Waals surface area contributed by atoms with Gasteiger partial charge in [0.2, 0.25) is 0 Å². The molecular weight excluding hydrogens is 403 g/mol. The van der Waals surface area contributed by atoms with Crippen molar-refractivity contribution in [2.75, 3.05) is 19.8 Å². The van der Waals surface area contributed by atoms with Crippen LogP contribution in [-0.4, -0.2) is 44.6 Å². The second kappa shape index (κ2) is 8.90. The number of hydrogen-bond donors (Lipinski definition) is 0. The Balaban J connectivity index is 1.54. The largest absolute Gasteiger partial charge is 0.493 e. The summed E-state index contributed by atoms with van der Waals surface area (Å²) in [5, 5.41) is 1.12. The molecule has 1 saturated heterocycles. The third kappa shape index (κ3) is 5.47. The Bertz CT molecular complexity index is 1020. The summed E-state index contributed by atoms with van der Waals surface area (Å²) in [6.07, 6.45) is 1.84. The Hall–Kier alpha value is -1.93. The molecule has 0 amide bonds. The lowest BCUT2D eigenvalue weighted by molar-refractivity contribution is 0.0343. The number of hydrogen-bond acceptors (Lipinski definition) is 4. The number of aromatic nitrogens is 2. The predicted octanol–water partition coefficient (Wildman–Crippen LogP) is 4.78. The van der Waals surface area contributed by atoms with Crippen molar-refractivity contribution in [3.05, 3.63) is 48.7 Å². The molecule has 164 valence electrons. The first-order valence-corrected chi connectivity index (χ1v) is 14.8. The van der Waals surface area contributed by atoms with Gasteiger partial charge in [-0.05, 0) is 35.3 Å². The van der Waals surface area contributed by atoms with E-state index in [0.29, 0.717) is 19.9 Å². The van der Waals surface area contributed by atoms with E-state index in [4.69, 9.17) is 14.0 Å². The summed E-state index contributed by atoms with van der Waals surface area (Å²) < 4.78 is 20.1. The highest BCUT2D eigenvalue weighted by Gasteiger charge is 2.33. The lowest BCUT2D eigenvalue weighted by Crippen LogP contribution is -2.47. The Morgan fingerprint density at radius 2 is 1.81 bits per heavy atom. The fourth-order valence-corrected chi connectivity index (χ4v) is 4.44. The minimum absolute atomic E-state index is 0.0693. The lowest BCUT2D eigenvalue weighted by atomic mass is 9.75. The van der Waals surface area contributed by atoms with Crippen LogP contribution in [0.4, 0.5) is 0 Å². The Labute approximate surface area is 186 Å². The van der Waals surface area contributed by atoms with Crippen molar-refractivity contribution in [2.24, 2.45) is 5.41 Å². The number of benzene rings is 1. The summed E-state index contributed by atoms with van der Waals surface area (Å²) in [7, 11) is -1.41. The summed E-state index contributed by atoms with van der Waals surface area (Å²) in [4.78, 5) is 4.61. The van der Waals surface area contributed by atoms with Crippen LogP contribution in [0.15, 0.2) is 48.7 Å². The number of fused-ring (bicyclic) bond motifs is 1. The standard InChI is InChI=1S/C24H33BN2O3Si/c1-24(2)16-29-25(30-17-24)21-10-8-19(9-11-21)22-15-20-7-6-12-26-23(20)27(22)18-28-13-14-31(3,4)5/h6-12,15H,13-14,16-18H2,1-5H3. The Kier molecular flexibility index (Phi) is 6.40. The van der Waals surface area contributed by atoms with Gasteiger partial charge in [0.05, 0.1) is 5.69 Å². The summed E-state index contributed by atoms with van der Waals surface area (Å²) in [6.45, 7) is 14.1. The quantitative estimate of drug-likeness (QED) is 0.395. The SMILES string of the molecule is CC1(C)COB(c2ccc(-c3cc4cccnc4n3COCC[Si](C)(C)C)cc2)OC1. The van der Waals surface area contributed by atoms with Crippen LogP contribution in [0.2, 0.25) is 25.7 Å². The monoisotopic (exact) mass is 436 g/mol. The van der Waals surface area contributed by atoms with E-state index in [-0.39, 0.29) is 12.5 Å². The molecule has 1 aliphatic rings. The molecule has 5 nitrogen and oxygen atoms in total. The maximum Gasteiger partial charge on any atom is 0.493 e. The van der Waals surface area contributed by atoms with E-state index in [1.54, 1.807) is 0 Å². The number of pyridine rings is 1. The summed E-state index contributed by atoms with van der Waals surface area (Å²) >= 11 is 0. The van der Waals surface area contributed by atoms with Crippen LogP contribution in [0.1, 0.15) is 13.8 Å². The average Bonchev–Trinajstić information content (AvgIpc) is 3.09. The molecule has 0 radical (unpaired) electrons. The maximum absolute atomic E-state index is 6.08. The predicted molar refractivity (Wildman–Crippen MR) is 130 cm³/mol. The summed E-state index contributed by atoms with van der Waals surface area (Å²) in [5.74, 6) is 0. The highest BCUT2D eigenvalue weighted by Crippen LogP contribution is 2.27. The zero-order valence-electron chi connectivity index (χ0n) is 19.4. The highest BCUT2D eigenvalue weighted by atomic mass is 28.3. The van der Waals surface area contributed by atoms with Gasteiger partial charge >= 0.3 is 7.12 Å². The molecule has 0 saturated carbocycles. The number of rotatable bonds is 7. The molecule has 7 heteroatoms. The summed E-state index contributed by atoms with van der Waals surface area (Å²) in [6, 6.07) is 15.9. The first-order chi connectivity index (χ1) is 14.7. The smallest absolute Gasteiger partial charge is 0.407 e. The van der Waals surface area contributed by atoms with E-state index in [2.05, 4.69) is 79.4 Å². The van der Waals surface area contributed by atoms with Gasteiger partial charge < -0.3 is 18.6 Å². The van der Waals surface area contributed by atoms with E-state index >= 15 is 0 Å². The van der Waals surface area contributed by atoms with Crippen molar-refractivity contribution in [1.82, 2.24) is 9.55 Å². The van der Waals surface area contributed by atoms with Crippen molar-refractivity contribution < 1.29 is 14.0 Å². The average molecular weight is 436 g/mol. The van der Waals surface area contributed by atoms with Crippen LogP contribution in [0.3, 0.4) is 0 Å². The normalized spacial score (nSPS) is 16.7. The minimum Gasteiger partial charge on any atom is -0.407 e. The van der Waals surface area contributed by atoms with Gasteiger partial charge in [-0.15, -0.1) is 0 Å². The van der Waals surface area contributed by atoms with E-state index in [1.807, 2.05) is 12.3 Å². The third-order valence-electron chi connectivity index (χ3n) is 5.60. The second-order valence-corrected chi connectivity index (χ2v) is 16.1. The molecule has 1 aromatic carbocycles. The van der Waals surface area contributed by atoms with E-state index < -0.39 is 8.07 Å². The molecule has 0 unspecified atom stereocenters. The van der Waals surface area contributed by atoms with Gasteiger partial charge in [0.1, 0.15) is 12.4 Å². The van der Waals surface area contributed by atoms with Crippen molar-refractivity contribution in [3.8, 4) is 11.3 Å². The van der Waals surface area contributed by atoms with Gasteiger partial charge in [0.25, 0.3) is 0 Å². The van der Waals surface area contributed by atoms with Gasteiger partial charge in [-0.25, -0.2) is 4.98 Å². The Morgan fingerprint density at radius 3 is 2.48 bits per heavy atom. The zero-order valence-corrected chi connectivity index (χ0v) is 20.4. The molecule has 31 heavy (non-hydrogen) atoms. The molecule has 0 N–H and O–H groups in total. The summed E-state index contributed by atoms with van der Waals surface area (Å²) in [5.41, 5.74) is 4.31. The molecule has 3 heterocycles. The Morgan fingerprint density at radius 1 is 1.10 bits per heavy atom. The van der Waals surface area contributed by atoms with Gasteiger partial charge in [-0.1, -0.05) is 57.8 Å². The molecule has 1 aliphatic heterocycles. The molecule has 2 aromatic heterocycles. The second-order valence-electron chi connectivity index (χ2n) is 10.5. The lowest BCUT2D eigenvalue weighted by Gasteiger charge is -2.33. The molecule has 0 atom stereocenters. The van der Waals surface area contributed by atoms with Crippen LogP contribution in [0.5, 0.6) is 0 Å². The number of ether oxygens (including phenoxy) is 1. The maximum atomic E-state index is 6.08. The highest BCUT2D eigenvalue weighted by molar-refractivity contribution is 6.76. The first-order valence-electron chi connectivity index (χ1n) is 11.1. The molecule has 0 bridgehead atoms. The first kappa shape index (κ1) is 22.3. The van der Waals surface area contributed by atoms with Gasteiger partial charge in [0.15, 0.2) is 0 Å². The molecule has 0 aliphatic carbocycles. The van der Waals surface area contributed by atoms with Crippen LogP contribution in [0, 0.1) is 5.41 Å². The third-order valence-corrected chi connectivity index (χ3v) is 7.31.